The van der Waals surface area contributed by atoms with Gasteiger partial charge in [-0.05, 0) is 49.4 Å². The fraction of sp³-hybridized carbons (Fsp3) is 0.174. The predicted molar refractivity (Wildman–Crippen MR) is 114 cm³/mol. The number of halogens is 1. The van der Waals surface area contributed by atoms with Crippen LogP contribution in [0.15, 0.2) is 64.7 Å². The van der Waals surface area contributed by atoms with E-state index in [9.17, 15) is 14.7 Å². The van der Waals surface area contributed by atoms with Crippen LogP contribution in [0, 0.1) is 6.92 Å². The molecule has 0 saturated carbocycles. The van der Waals surface area contributed by atoms with E-state index in [2.05, 4.69) is 4.98 Å². The van der Waals surface area contributed by atoms with Gasteiger partial charge in [-0.1, -0.05) is 17.7 Å². The van der Waals surface area contributed by atoms with Gasteiger partial charge >= 0.3 is 0 Å². The minimum absolute atomic E-state index is 0.0687. The molecule has 1 amide bonds. The van der Waals surface area contributed by atoms with E-state index >= 15 is 0 Å². The molecule has 7 nitrogen and oxygen atoms in total. The van der Waals surface area contributed by atoms with Crippen molar-refractivity contribution in [1.82, 2.24) is 9.88 Å². The van der Waals surface area contributed by atoms with Crippen molar-refractivity contribution in [3.05, 3.63) is 88.1 Å². The number of furan rings is 1. The number of pyridine rings is 1. The Bertz CT molecular complexity index is 1190. The lowest BCUT2D eigenvalue weighted by Gasteiger charge is -2.23. The number of aryl methyl sites for hydroxylation is 1. The predicted octanol–water partition coefficient (Wildman–Crippen LogP) is 4.27. The van der Waals surface area contributed by atoms with E-state index in [1.165, 1.54) is 18.1 Å². The number of likely N-dealkylation sites (tertiary alicyclic amines) is 1. The van der Waals surface area contributed by atoms with Gasteiger partial charge in [-0.25, -0.2) is 0 Å². The maximum absolute atomic E-state index is 13.1. The summed E-state index contributed by atoms with van der Waals surface area (Å²) < 4.78 is 11.1. The number of ether oxygens (including phenoxy) is 1. The molecule has 1 aromatic carbocycles. The zero-order valence-corrected chi connectivity index (χ0v) is 17.6. The largest absolute Gasteiger partial charge is 0.507 e. The van der Waals surface area contributed by atoms with E-state index in [-0.39, 0.29) is 23.4 Å². The highest BCUT2D eigenvalue weighted by atomic mass is 35.5. The van der Waals surface area contributed by atoms with Crippen molar-refractivity contribution in [2.45, 2.75) is 19.5 Å². The summed E-state index contributed by atoms with van der Waals surface area (Å²) in [5.41, 5.74) is 0.702. The van der Waals surface area contributed by atoms with Gasteiger partial charge in [-0.15, -0.1) is 0 Å². The van der Waals surface area contributed by atoms with Gasteiger partial charge in [0.1, 0.15) is 29.1 Å². The molecule has 0 aliphatic carbocycles. The van der Waals surface area contributed by atoms with Crippen LogP contribution in [0.4, 0.5) is 0 Å². The Labute approximate surface area is 183 Å². The minimum atomic E-state index is -0.931. The van der Waals surface area contributed by atoms with Crippen LogP contribution in [0.3, 0.4) is 0 Å². The van der Waals surface area contributed by atoms with Gasteiger partial charge in [0.05, 0.1) is 30.5 Å². The molecule has 31 heavy (non-hydrogen) atoms. The summed E-state index contributed by atoms with van der Waals surface area (Å²) in [6.45, 7) is 1.83. The molecule has 3 aromatic rings. The van der Waals surface area contributed by atoms with Crippen LogP contribution in [-0.2, 0) is 16.1 Å². The number of benzene rings is 1. The van der Waals surface area contributed by atoms with Crippen molar-refractivity contribution in [2.75, 3.05) is 7.11 Å². The SMILES string of the molecule is COc1ccc(Cl)cc1/C(O)=C1\C(=O)C(=O)N(Cc2ccccn2)C1c1ccc(C)o1. The Morgan fingerprint density at radius 2 is 2.03 bits per heavy atom. The van der Waals surface area contributed by atoms with E-state index in [0.717, 1.165) is 0 Å². The second kappa shape index (κ2) is 8.28. The molecule has 1 fully saturated rings. The van der Waals surface area contributed by atoms with Crippen molar-refractivity contribution in [3.63, 3.8) is 0 Å². The Balaban J connectivity index is 1.89. The summed E-state index contributed by atoms with van der Waals surface area (Å²) in [5, 5.41) is 11.5. The van der Waals surface area contributed by atoms with Gasteiger partial charge < -0.3 is 19.2 Å². The lowest BCUT2D eigenvalue weighted by molar-refractivity contribution is -0.140. The van der Waals surface area contributed by atoms with Crippen LogP contribution < -0.4 is 4.74 Å². The normalized spacial score (nSPS) is 17.9. The molecule has 4 rings (SSSR count). The molecule has 1 aliphatic heterocycles. The number of aliphatic hydroxyl groups excluding tert-OH is 1. The third kappa shape index (κ3) is 3.80. The third-order valence-corrected chi connectivity index (χ3v) is 5.28. The Hall–Kier alpha value is -3.58. The number of carbonyl (C=O) groups is 2. The van der Waals surface area contributed by atoms with Gasteiger partial charge in [0.15, 0.2) is 0 Å². The van der Waals surface area contributed by atoms with E-state index < -0.39 is 17.7 Å². The molecule has 2 aromatic heterocycles. The fourth-order valence-electron chi connectivity index (χ4n) is 3.62. The van der Waals surface area contributed by atoms with Crippen LogP contribution in [0.5, 0.6) is 5.75 Å². The highest BCUT2D eigenvalue weighted by Crippen LogP contribution is 2.42. The molecule has 0 spiro atoms. The average Bonchev–Trinajstić information content (AvgIpc) is 3.30. The van der Waals surface area contributed by atoms with E-state index in [4.69, 9.17) is 20.8 Å². The Morgan fingerprint density at radius 3 is 2.68 bits per heavy atom. The summed E-state index contributed by atoms with van der Waals surface area (Å²) in [6.07, 6.45) is 1.61. The van der Waals surface area contributed by atoms with Crippen LogP contribution in [-0.4, -0.2) is 33.8 Å². The second-order valence-electron chi connectivity index (χ2n) is 7.04. The van der Waals surface area contributed by atoms with Gasteiger partial charge in [-0.3, -0.25) is 14.6 Å². The number of aliphatic hydroxyl groups is 1. The maximum atomic E-state index is 13.1. The highest BCUT2D eigenvalue weighted by Gasteiger charge is 2.48. The molecular formula is C23H19ClN2O5. The van der Waals surface area contributed by atoms with Gasteiger partial charge in [0, 0.05) is 11.2 Å². The fourth-order valence-corrected chi connectivity index (χ4v) is 3.79. The number of amides is 1. The van der Waals surface area contributed by atoms with E-state index in [1.807, 2.05) is 0 Å². The number of hydrogen-bond acceptors (Lipinski definition) is 6. The first kappa shape index (κ1) is 20.7. The summed E-state index contributed by atoms with van der Waals surface area (Å²) >= 11 is 6.10. The number of rotatable bonds is 5. The molecule has 0 radical (unpaired) electrons. The zero-order valence-electron chi connectivity index (χ0n) is 16.8. The first-order chi connectivity index (χ1) is 14.9. The Kier molecular flexibility index (Phi) is 5.52. The lowest BCUT2D eigenvalue weighted by atomic mass is 9.98. The summed E-state index contributed by atoms with van der Waals surface area (Å²) in [6, 6.07) is 12.4. The first-order valence-electron chi connectivity index (χ1n) is 9.49. The van der Waals surface area contributed by atoms with Crippen molar-refractivity contribution in [3.8, 4) is 5.75 Å². The van der Waals surface area contributed by atoms with Crippen LogP contribution in [0.2, 0.25) is 5.02 Å². The Morgan fingerprint density at radius 1 is 1.23 bits per heavy atom. The number of aromatic nitrogens is 1. The van der Waals surface area contributed by atoms with Crippen LogP contribution in [0.1, 0.15) is 28.8 Å². The van der Waals surface area contributed by atoms with Gasteiger partial charge in [-0.2, -0.15) is 0 Å². The first-order valence-corrected chi connectivity index (χ1v) is 9.87. The number of carbonyl (C=O) groups excluding carboxylic acids is 2. The van der Waals surface area contributed by atoms with Crippen molar-refractivity contribution in [1.29, 1.82) is 0 Å². The summed E-state index contributed by atoms with van der Waals surface area (Å²) in [5.74, 6) is -0.692. The summed E-state index contributed by atoms with van der Waals surface area (Å²) in [7, 11) is 1.44. The number of Topliss-reactive ketones (excluding diaryl/α,β-unsaturated/α-hetero) is 1. The van der Waals surface area contributed by atoms with Gasteiger partial charge in [0.25, 0.3) is 11.7 Å². The third-order valence-electron chi connectivity index (χ3n) is 5.05. The second-order valence-corrected chi connectivity index (χ2v) is 7.48. The molecule has 1 unspecified atom stereocenters. The number of hydrogen-bond donors (Lipinski definition) is 1. The number of ketones is 1. The molecule has 158 valence electrons. The molecule has 8 heteroatoms. The van der Waals surface area contributed by atoms with Crippen molar-refractivity contribution in [2.24, 2.45) is 0 Å². The topological polar surface area (TPSA) is 92.9 Å². The average molecular weight is 439 g/mol. The minimum Gasteiger partial charge on any atom is -0.507 e. The molecule has 1 atom stereocenters. The standard InChI is InChI=1S/C23H19ClN2O5/c1-13-6-8-18(31-13)20-19(21(27)16-11-14(24)7-9-17(16)30-2)22(28)23(29)26(20)12-15-5-3-4-10-25-15/h3-11,20,27H,12H2,1-2H3/b21-19+. The molecule has 3 heterocycles. The zero-order chi connectivity index (χ0) is 22.1. The molecule has 0 bridgehead atoms. The molecule has 1 aliphatic rings. The molecule has 1 saturated heterocycles. The quantitative estimate of drug-likeness (QED) is 0.363. The number of methoxy groups -OCH3 is 1. The van der Waals surface area contributed by atoms with Crippen LogP contribution >= 0.6 is 11.6 Å². The number of nitrogens with zero attached hydrogens (tertiary/aromatic N) is 2. The van der Waals surface area contributed by atoms with Crippen molar-refractivity contribution >= 4 is 29.1 Å². The monoisotopic (exact) mass is 438 g/mol. The van der Waals surface area contributed by atoms with E-state index in [0.29, 0.717) is 28.0 Å². The van der Waals surface area contributed by atoms with Crippen molar-refractivity contribution < 1.29 is 23.8 Å². The summed E-state index contributed by atoms with van der Waals surface area (Å²) in [4.78, 5) is 31.6. The highest BCUT2D eigenvalue weighted by molar-refractivity contribution is 6.46. The van der Waals surface area contributed by atoms with Crippen LogP contribution in [0.25, 0.3) is 5.76 Å². The van der Waals surface area contributed by atoms with Gasteiger partial charge in [0.2, 0.25) is 0 Å². The maximum Gasteiger partial charge on any atom is 0.296 e. The molecular weight excluding hydrogens is 420 g/mol. The van der Waals surface area contributed by atoms with E-state index in [1.54, 1.807) is 55.6 Å². The lowest BCUT2D eigenvalue weighted by Crippen LogP contribution is -2.29. The smallest absolute Gasteiger partial charge is 0.296 e. The molecule has 1 N–H and O–H groups in total.